The number of nitrogens with one attached hydrogen (secondary N) is 1. The number of carbonyl (C=O) groups excluding carboxylic acids is 1. The van der Waals surface area contributed by atoms with Crippen LogP contribution in [0.25, 0.3) is 0 Å². The normalized spacial score (nSPS) is 12.1. The van der Waals surface area contributed by atoms with Crippen LogP contribution in [0.4, 0.5) is 5.82 Å². The molecular formula is C21H25N5O. The zero-order chi connectivity index (χ0) is 19.2. The highest BCUT2D eigenvalue weighted by atomic mass is 16.1. The Morgan fingerprint density at radius 1 is 1.19 bits per heavy atom. The first-order valence-electron chi connectivity index (χ1n) is 9.07. The number of amides is 1. The minimum atomic E-state index is -0.139. The summed E-state index contributed by atoms with van der Waals surface area (Å²) in [5, 5.41) is 6.91. The fourth-order valence-electron chi connectivity index (χ4n) is 3.22. The van der Waals surface area contributed by atoms with Crippen molar-refractivity contribution < 1.29 is 4.79 Å². The third-order valence-electron chi connectivity index (χ3n) is 4.70. The second kappa shape index (κ2) is 8.60. The van der Waals surface area contributed by atoms with E-state index in [2.05, 4.69) is 40.3 Å². The highest BCUT2D eigenvalue weighted by Crippen LogP contribution is 2.23. The molecule has 0 saturated carbocycles. The minimum absolute atomic E-state index is 0.139. The van der Waals surface area contributed by atoms with Gasteiger partial charge in [0.2, 0.25) is 0 Å². The largest absolute Gasteiger partial charge is 0.307 e. The van der Waals surface area contributed by atoms with Gasteiger partial charge in [-0.1, -0.05) is 25.1 Å². The summed E-state index contributed by atoms with van der Waals surface area (Å²) < 4.78 is 1.63. The molecule has 0 fully saturated rings. The maximum absolute atomic E-state index is 12.4. The molecule has 6 nitrogen and oxygen atoms in total. The van der Waals surface area contributed by atoms with Crippen LogP contribution in [0.3, 0.4) is 0 Å². The van der Waals surface area contributed by atoms with Gasteiger partial charge in [0.05, 0.1) is 6.20 Å². The fourth-order valence-corrected chi connectivity index (χ4v) is 3.22. The molecule has 27 heavy (non-hydrogen) atoms. The molecule has 6 heteroatoms. The first-order valence-corrected chi connectivity index (χ1v) is 9.07. The predicted octanol–water partition coefficient (Wildman–Crippen LogP) is 3.65. The van der Waals surface area contributed by atoms with Crippen molar-refractivity contribution in [3.05, 3.63) is 77.7 Å². The summed E-state index contributed by atoms with van der Waals surface area (Å²) in [6, 6.07) is 13.9. The lowest BCUT2D eigenvalue weighted by Gasteiger charge is -2.27. The molecule has 2 aromatic heterocycles. The molecule has 3 rings (SSSR count). The average molecular weight is 363 g/mol. The molecule has 0 saturated heterocycles. The molecule has 1 unspecified atom stereocenters. The zero-order valence-electron chi connectivity index (χ0n) is 16.0. The number of nitrogens with zero attached hydrogens (tertiary/aromatic N) is 4. The van der Waals surface area contributed by atoms with Crippen molar-refractivity contribution in [3.8, 4) is 0 Å². The van der Waals surface area contributed by atoms with E-state index in [0.717, 1.165) is 18.5 Å². The highest BCUT2D eigenvalue weighted by Gasteiger charge is 2.16. The summed E-state index contributed by atoms with van der Waals surface area (Å²) in [4.78, 5) is 18.9. The van der Waals surface area contributed by atoms with Crippen molar-refractivity contribution in [1.29, 1.82) is 0 Å². The number of aryl methyl sites for hydroxylation is 1. The number of anilines is 1. The number of rotatable bonds is 7. The molecular weight excluding hydrogens is 338 g/mol. The van der Waals surface area contributed by atoms with Crippen LogP contribution in [0.5, 0.6) is 0 Å². The van der Waals surface area contributed by atoms with Gasteiger partial charge in [-0.25, -0.2) is 0 Å². The van der Waals surface area contributed by atoms with Crippen LogP contribution in [0.2, 0.25) is 0 Å². The van der Waals surface area contributed by atoms with Crippen molar-refractivity contribution in [3.63, 3.8) is 0 Å². The quantitative estimate of drug-likeness (QED) is 0.696. The molecule has 0 aliphatic carbocycles. The standard InChI is InChI=1S/C21H25N5O/c1-4-19(18-6-5-12-22-14-18)25(2)15-16-7-9-17(10-8-16)21(27)24-20-11-13-23-26(20)3/h5-14,19H,4,15H2,1-3H3,(H,24,27). The maximum atomic E-state index is 12.4. The molecule has 1 atom stereocenters. The van der Waals surface area contributed by atoms with Crippen molar-refractivity contribution in [2.75, 3.05) is 12.4 Å². The van der Waals surface area contributed by atoms with Gasteiger partial charge in [0, 0.05) is 43.7 Å². The molecule has 140 valence electrons. The van der Waals surface area contributed by atoms with Crippen LogP contribution in [-0.2, 0) is 13.6 Å². The maximum Gasteiger partial charge on any atom is 0.256 e. The number of hydrogen-bond acceptors (Lipinski definition) is 4. The first kappa shape index (κ1) is 18.8. The summed E-state index contributed by atoms with van der Waals surface area (Å²) in [5.41, 5.74) is 3.01. The van der Waals surface area contributed by atoms with E-state index < -0.39 is 0 Å². The Kier molecular flexibility index (Phi) is 5.98. The molecule has 0 radical (unpaired) electrons. The summed E-state index contributed by atoms with van der Waals surface area (Å²) in [5.74, 6) is 0.534. The van der Waals surface area contributed by atoms with Gasteiger partial charge in [0.15, 0.2) is 0 Å². The Morgan fingerprint density at radius 3 is 2.56 bits per heavy atom. The first-order chi connectivity index (χ1) is 13.1. The molecule has 2 heterocycles. The van der Waals surface area contributed by atoms with Crippen molar-refractivity contribution in [2.24, 2.45) is 7.05 Å². The van der Waals surface area contributed by atoms with Crippen molar-refractivity contribution in [2.45, 2.75) is 25.9 Å². The Balaban J connectivity index is 1.64. The number of pyridine rings is 1. The van der Waals surface area contributed by atoms with E-state index >= 15 is 0 Å². The monoisotopic (exact) mass is 363 g/mol. The summed E-state index contributed by atoms with van der Waals surface area (Å²) in [6.45, 7) is 2.98. The molecule has 1 aromatic carbocycles. The second-order valence-electron chi connectivity index (χ2n) is 6.62. The Bertz CT molecular complexity index is 873. The van der Waals surface area contributed by atoms with Gasteiger partial charge in [0.1, 0.15) is 5.82 Å². The fraction of sp³-hybridized carbons (Fsp3) is 0.286. The van der Waals surface area contributed by atoms with E-state index in [4.69, 9.17) is 0 Å². The number of hydrogen-bond donors (Lipinski definition) is 1. The van der Waals surface area contributed by atoms with Gasteiger partial charge < -0.3 is 5.32 Å². The third-order valence-corrected chi connectivity index (χ3v) is 4.70. The second-order valence-corrected chi connectivity index (χ2v) is 6.62. The lowest BCUT2D eigenvalue weighted by molar-refractivity contribution is 0.102. The van der Waals surface area contributed by atoms with E-state index in [9.17, 15) is 4.79 Å². The number of benzene rings is 1. The minimum Gasteiger partial charge on any atom is -0.307 e. The Morgan fingerprint density at radius 2 is 1.96 bits per heavy atom. The van der Waals surface area contributed by atoms with E-state index in [1.54, 1.807) is 30.2 Å². The van der Waals surface area contributed by atoms with Crippen LogP contribution < -0.4 is 5.32 Å². The Labute approximate surface area is 159 Å². The topological polar surface area (TPSA) is 63.1 Å². The molecule has 0 aliphatic rings. The van der Waals surface area contributed by atoms with Gasteiger partial charge in [0.25, 0.3) is 5.91 Å². The van der Waals surface area contributed by atoms with Gasteiger partial charge in [-0.05, 0) is 42.8 Å². The van der Waals surface area contributed by atoms with Crippen LogP contribution in [0.15, 0.2) is 61.1 Å². The van der Waals surface area contributed by atoms with Crippen LogP contribution in [0.1, 0.15) is 40.9 Å². The molecule has 1 N–H and O–H groups in total. The SMILES string of the molecule is CCC(c1cccnc1)N(C)Cc1ccc(C(=O)Nc2ccnn2C)cc1. The van der Waals surface area contributed by atoms with Crippen LogP contribution in [0, 0.1) is 0 Å². The number of carbonyl (C=O) groups is 1. The van der Waals surface area contributed by atoms with Gasteiger partial charge in [-0.3, -0.25) is 19.4 Å². The van der Waals surface area contributed by atoms with E-state index in [0.29, 0.717) is 17.4 Å². The molecule has 3 aromatic rings. The van der Waals surface area contributed by atoms with Gasteiger partial charge in [-0.15, -0.1) is 0 Å². The lowest BCUT2D eigenvalue weighted by Crippen LogP contribution is -2.24. The number of aromatic nitrogens is 3. The van der Waals surface area contributed by atoms with Gasteiger partial charge >= 0.3 is 0 Å². The highest BCUT2D eigenvalue weighted by molar-refractivity contribution is 6.03. The van der Waals surface area contributed by atoms with E-state index in [1.807, 2.05) is 36.5 Å². The van der Waals surface area contributed by atoms with E-state index in [1.165, 1.54) is 5.56 Å². The molecule has 1 amide bonds. The zero-order valence-corrected chi connectivity index (χ0v) is 16.0. The predicted molar refractivity (Wildman–Crippen MR) is 106 cm³/mol. The molecule has 0 aliphatic heterocycles. The third kappa shape index (κ3) is 4.60. The average Bonchev–Trinajstić information content (AvgIpc) is 3.08. The summed E-state index contributed by atoms with van der Waals surface area (Å²) in [6.07, 6.45) is 6.39. The Hall–Kier alpha value is -2.99. The summed E-state index contributed by atoms with van der Waals surface area (Å²) in [7, 11) is 3.91. The van der Waals surface area contributed by atoms with Crippen molar-refractivity contribution in [1.82, 2.24) is 19.7 Å². The van der Waals surface area contributed by atoms with Gasteiger partial charge in [-0.2, -0.15) is 5.10 Å². The summed E-state index contributed by atoms with van der Waals surface area (Å²) >= 11 is 0. The van der Waals surface area contributed by atoms with Crippen molar-refractivity contribution >= 4 is 11.7 Å². The molecule has 0 spiro atoms. The smallest absolute Gasteiger partial charge is 0.256 e. The van der Waals surface area contributed by atoms with E-state index in [-0.39, 0.29) is 5.91 Å². The lowest BCUT2D eigenvalue weighted by atomic mass is 10.0. The van der Waals surface area contributed by atoms with Crippen LogP contribution in [-0.4, -0.2) is 32.6 Å². The van der Waals surface area contributed by atoms with Crippen LogP contribution >= 0.6 is 0 Å². The molecule has 0 bridgehead atoms.